The molecule has 1 aliphatic carbocycles. The number of methoxy groups -OCH3 is 1. The summed E-state index contributed by atoms with van der Waals surface area (Å²) < 4.78 is 4.78. The summed E-state index contributed by atoms with van der Waals surface area (Å²) in [4.78, 5) is 31.9. The van der Waals surface area contributed by atoms with Gasteiger partial charge >= 0.3 is 5.97 Å². The number of carbonyl (C=O) groups excluding carboxylic acids is 2. The van der Waals surface area contributed by atoms with Gasteiger partial charge in [-0.3, -0.25) is 14.6 Å². The van der Waals surface area contributed by atoms with Crippen LogP contribution in [0.15, 0.2) is 60.7 Å². The molecule has 0 radical (unpaired) electrons. The van der Waals surface area contributed by atoms with Gasteiger partial charge in [-0.25, -0.2) is 4.79 Å². The van der Waals surface area contributed by atoms with Gasteiger partial charge in [-0.1, -0.05) is 54.6 Å². The second kappa shape index (κ2) is 11.0. The van der Waals surface area contributed by atoms with E-state index in [0.29, 0.717) is 11.5 Å². The van der Waals surface area contributed by atoms with Crippen molar-refractivity contribution in [2.45, 2.75) is 25.8 Å². The summed E-state index contributed by atoms with van der Waals surface area (Å²) in [7, 11) is 1.40. The highest BCUT2D eigenvalue weighted by Crippen LogP contribution is 2.60. The fourth-order valence-electron chi connectivity index (χ4n) is 5.80. The van der Waals surface area contributed by atoms with Gasteiger partial charge in [0.1, 0.15) is 0 Å². The molecule has 0 unspecified atom stereocenters. The highest BCUT2D eigenvalue weighted by atomic mass is 16.5. The van der Waals surface area contributed by atoms with E-state index in [-0.39, 0.29) is 17.3 Å². The first-order chi connectivity index (χ1) is 17.6. The smallest absolute Gasteiger partial charge is 0.337 e. The Morgan fingerprint density at radius 1 is 0.917 bits per heavy atom. The van der Waals surface area contributed by atoms with Crippen LogP contribution in [-0.4, -0.2) is 79.5 Å². The second-order valence-electron chi connectivity index (χ2n) is 10.5. The minimum atomic E-state index is -0.299. The molecule has 2 aromatic rings. The third kappa shape index (κ3) is 5.71. The van der Waals surface area contributed by atoms with Crippen LogP contribution in [0.25, 0.3) is 6.08 Å². The molecule has 6 nitrogen and oxygen atoms in total. The molecular weight excluding hydrogens is 450 g/mol. The lowest BCUT2D eigenvalue weighted by molar-refractivity contribution is -0.135. The van der Waals surface area contributed by atoms with Crippen LogP contribution in [-0.2, 0) is 16.1 Å². The lowest BCUT2D eigenvalue weighted by atomic mass is 9.90. The average molecular weight is 488 g/mol. The minimum Gasteiger partial charge on any atom is -0.465 e. The largest absolute Gasteiger partial charge is 0.465 e. The predicted molar refractivity (Wildman–Crippen MR) is 141 cm³/mol. The fourth-order valence-corrected chi connectivity index (χ4v) is 5.80. The highest BCUT2D eigenvalue weighted by Gasteiger charge is 2.59. The van der Waals surface area contributed by atoms with E-state index >= 15 is 0 Å². The van der Waals surface area contributed by atoms with Crippen LogP contribution >= 0.6 is 0 Å². The lowest BCUT2D eigenvalue weighted by Crippen LogP contribution is -2.49. The first-order valence-electron chi connectivity index (χ1n) is 13.2. The Bertz CT molecular complexity index is 1070. The van der Waals surface area contributed by atoms with Crippen molar-refractivity contribution in [1.82, 2.24) is 14.7 Å². The molecule has 3 fully saturated rings. The minimum absolute atomic E-state index is 0.225. The molecule has 1 atom stereocenters. The van der Waals surface area contributed by atoms with E-state index in [1.165, 1.54) is 18.2 Å². The SMILES string of the molecule is COC(=O)c1ccc(CN2CCC3(CC2)C[C@H]3C(=O)N2CCN(C/C=C/c3ccccc3)CC2)cc1. The van der Waals surface area contributed by atoms with Crippen LogP contribution < -0.4 is 0 Å². The number of likely N-dealkylation sites (tertiary alicyclic amines) is 1. The first-order valence-corrected chi connectivity index (χ1v) is 13.2. The number of hydrogen-bond donors (Lipinski definition) is 0. The van der Waals surface area contributed by atoms with Crippen molar-refractivity contribution in [3.8, 4) is 0 Å². The molecule has 1 amide bonds. The molecule has 0 N–H and O–H groups in total. The van der Waals surface area contributed by atoms with Gasteiger partial charge in [-0.05, 0) is 61.0 Å². The number of esters is 1. The number of benzene rings is 2. The van der Waals surface area contributed by atoms with Crippen molar-refractivity contribution in [2.75, 3.05) is 52.9 Å². The quantitative estimate of drug-likeness (QED) is 0.554. The molecule has 2 heterocycles. The Hall–Kier alpha value is -2.96. The number of piperidine rings is 1. The Labute approximate surface area is 214 Å². The van der Waals surface area contributed by atoms with E-state index < -0.39 is 0 Å². The molecule has 1 spiro atoms. The maximum absolute atomic E-state index is 13.3. The molecule has 36 heavy (non-hydrogen) atoms. The van der Waals surface area contributed by atoms with Gasteiger partial charge in [0.15, 0.2) is 0 Å². The zero-order valence-corrected chi connectivity index (χ0v) is 21.3. The zero-order chi connectivity index (χ0) is 25.0. The maximum atomic E-state index is 13.3. The zero-order valence-electron chi connectivity index (χ0n) is 21.3. The van der Waals surface area contributed by atoms with Crippen LogP contribution in [0.2, 0.25) is 0 Å². The summed E-state index contributed by atoms with van der Waals surface area (Å²) >= 11 is 0. The monoisotopic (exact) mass is 487 g/mol. The summed E-state index contributed by atoms with van der Waals surface area (Å²) in [6, 6.07) is 18.1. The Balaban J connectivity index is 1.04. The van der Waals surface area contributed by atoms with E-state index in [1.54, 1.807) is 0 Å². The fraction of sp³-hybridized carbons (Fsp3) is 0.467. The standard InChI is InChI=1S/C30H37N3O3/c1-36-29(35)26-11-9-25(10-12-26)23-32-16-13-30(14-17-32)22-27(30)28(34)33-20-18-31(19-21-33)15-5-8-24-6-3-2-4-7-24/h2-12,27H,13-23H2,1H3/b8-5+/t27-/m0/s1. The van der Waals surface area contributed by atoms with E-state index in [0.717, 1.165) is 71.6 Å². The molecule has 2 saturated heterocycles. The van der Waals surface area contributed by atoms with Crippen molar-refractivity contribution in [1.29, 1.82) is 0 Å². The van der Waals surface area contributed by atoms with Gasteiger partial charge in [0, 0.05) is 45.2 Å². The molecule has 0 aromatic heterocycles. The van der Waals surface area contributed by atoms with E-state index in [4.69, 9.17) is 4.74 Å². The van der Waals surface area contributed by atoms with Crippen LogP contribution in [0, 0.1) is 11.3 Å². The number of rotatable bonds is 7. The van der Waals surface area contributed by atoms with Gasteiger partial charge in [0.25, 0.3) is 0 Å². The summed E-state index contributed by atoms with van der Waals surface area (Å²) in [5.74, 6) is 0.317. The number of ether oxygens (including phenoxy) is 1. The number of nitrogens with zero attached hydrogens (tertiary/aromatic N) is 3. The normalized spacial score (nSPS) is 22.1. The van der Waals surface area contributed by atoms with Crippen molar-refractivity contribution in [3.05, 3.63) is 77.4 Å². The Morgan fingerprint density at radius 3 is 2.28 bits per heavy atom. The Morgan fingerprint density at radius 2 is 1.61 bits per heavy atom. The molecule has 5 rings (SSSR count). The highest BCUT2D eigenvalue weighted by molar-refractivity contribution is 5.89. The second-order valence-corrected chi connectivity index (χ2v) is 10.5. The van der Waals surface area contributed by atoms with Gasteiger partial charge in [-0.15, -0.1) is 0 Å². The van der Waals surface area contributed by atoms with Crippen LogP contribution in [0.4, 0.5) is 0 Å². The average Bonchev–Trinajstić information content (AvgIpc) is 3.63. The van der Waals surface area contributed by atoms with E-state index in [9.17, 15) is 9.59 Å². The maximum Gasteiger partial charge on any atom is 0.337 e. The van der Waals surface area contributed by atoms with Crippen LogP contribution in [0.5, 0.6) is 0 Å². The van der Waals surface area contributed by atoms with Crippen molar-refractivity contribution in [2.24, 2.45) is 11.3 Å². The molecule has 0 bridgehead atoms. The number of piperazine rings is 1. The molecule has 2 aliphatic heterocycles. The summed E-state index contributed by atoms with van der Waals surface area (Å²) in [6.45, 7) is 7.48. The van der Waals surface area contributed by atoms with Gasteiger partial charge in [0.2, 0.25) is 5.91 Å². The van der Waals surface area contributed by atoms with Crippen LogP contribution in [0.3, 0.4) is 0 Å². The van der Waals surface area contributed by atoms with Crippen molar-refractivity contribution < 1.29 is 14.3 Å². The van der Waals surface area contributed by atoms with Gasteiger partial charge < -0.3 is 9.64 Å². The topological polar surface area (TPSA) is 53.1 Å². The summed E-state index contributed by atoms with van der Waals surface area (Å²) in [6.07, 6.45) is 7.68. The molecule has 2 aromatic carbocycles. The third-order valence-corrected chi connectivity index (χ3v) is 8.28. The van der Waals surface area contributed by atoms with Crippen molar-refractivity contribution in [3.63, 3.8) is 0 Å². The van der Waals surface area contributed by atoms with Gasteiger partial charge in [0.05, 0.1) is 12.7 Å². The summed E-state index contributed by atoms with van der Waals surface area (Å²) in [5, 5.41) is 0. The Kier molecular flexibility index (Phi) is 7.54. The lowest BCUT2D eigenvalue weighted by Gasteiger charge is -2.36. The predicted octanol–water partition coefficient (Wildman–Crippen LogP) is 3.93. The molecule has 190 valence electrons. The summed E-state index contributed by atoms with van der Waals surface area (Å²) in [5.41, 5.74) is 3.26. The number of carbonyl (C=O) groups is 2. The van der Waals surface area contributed by atoms with E-state index in [1.807, 2.05) is 30.3 Å². The van der Waals surface area contributed by atoms with Crippen molar-refractivity contribution >= 4 is 18.0 Å². The number of hydrogen-bond acceptors (Lipinski definition) is 5. The molecule has 6 heteroatoms. The van der Waals surface area contributed by atoms with E-state index in [2.05, 4.69) is 51.1 Å². The molecular formula is C30H37N3O3. The molecule has 1 saturated carbocycles. The first kappa shape index (κ1) is 24.7. The molecule has 3 aliphatic rings. The van der Waals surface area contributed by atoms with Gasteiger partial charge in [-0.2, -0.15) is 0 Å². The third-order valence-electron chi connectivity index (χ3n) is 8.28. The number of amides is 1. The van der Waals surface area contributed by atoms with Crippen LogP contribution in [0.1, 0.15) is 40.7 Å².